The molecule has 0 aliphatic rings. The second-order valence-corrected chi connectivity index (χ2v) is 2.62. The zero-order chi connectivity index (χ0) is 6.24. The van der Waals surface area contributed by atoms with E-state index in [2.05, 4.69) is 10.6 Å². The monoisotopic (exact) mass is 135 g/mol. The van der Waals surface area contributed by atoms with Crippen LogP contribution in [0.1, 0.15) is 0 Å². The fourth-order valence-electron chi connectivity index (χ4n) is 0.348. The molecule has 0 radical (unpaired) electrons. The first kappa shape index (κ1) is 8.31. The summed E-state index contributed by atoms with van der Waals surface area (Å²) in [5.41, 5.74) is 5.18. The quantitative estimate of drug-likeness (QED) is 0.265. The van der Waals surface area contributed by atoms with Crippen LogP contribution in [-0.2, 0) is 0 Å². The molecule has 1 unspecified atom stereocenters. The van der Waals surface area contributed by atoms with Crippen LogP contribution < -0.4 is 16.4 Å². The Labute approximate surface area is 52.2 Å². The highest BCUT2D eigenvalue weighted by Gasteiger charge is 1.79. The SMILES string of the molecule is CNCPCNCN. The standard InChI is InChI=1S/C4H14N3P/c1-6-3-8-4-7-2-5/h6-8H,2-5H2,1H3. The molecule has 3 nitrogen and oxygen atoms in total. The van der Waals surface area contributed by atoms with Crippen LogP contribution >= 0.6 is 8.58 Å². The van der Waals surface area contributed by atoms with E-state index in [1.54, 1.807) is 0 Å². The van der Waals surface area contributed by atoms with Gasteiger partial charge in [0.15, 0.2) is 0 Å². The molecule has 4 N–H and O–H groups in total. The Morgan fingerprint density at radius 2 is 2.25 bits per heavy atom. The lowest BCUT2D eigenvalue weighted by atomic mass is 11.1. The lowest BCUT2D eigenvalue weighted by molar-refractivity contribution is 0.806. The van der Waals surface area contributed by atoms with Gasteiger partial charge in [-0.1, -0.05) is 8.58 Å². The zero-order valence-corrected chi connectivity index (χ0v) is 6.20. The summed E-state index contributed by atoms with van der Waals surface area (Å²) in [6, 6.07) is 0. The van der Waals surface area contributed by atoms with Crippen LogP contribution in [0.4, 0.5) is 0 Å². The van der Waals surface area contributed by atoms with E-state index in [9.17, 15) is 0 Å². The Hall–Kier alpha value is 0.310. The topological polar surface area (TPSA) is 50.1 Å². The van der Waals surface area contributed by atoms with E-state index in [-0.39, 0.29) is 0 Å². The van der Waals surface area contributed by atoms with E-state index in [0.717, 1.165) is 21.2 Å². The van der Waals surface area contributed by atoms with Crippen molar-refractivity contribution in [1.29, 1.82) is 0 Å². The highest BCUT2D eigenvalue weighted by atomic mass is 31.1. The minimum absolute atomic E-state index is 0.594. The van der Waals surface area contributed by atoms with E-state index >= 15 is 0 Å². The molecule has 0 bridgehead atoms. The van der Waals surface area contributed by atoms with Crippen molar-refractivity contribution >= 4 is 8.58 Å². The zero-order valence-electron chi connectivity index (χ0n) is 5.20. The van der Waals surface area contributed by atoms with E-state index in [4.69, 9.17) is 5.73 Å². The molecule has 8 heavy (non-hydrogen) atoms. The van der Waals surface area contributed by atoms with Crippen LogP contribution in [-0.4, -0.2) is 26.3 Å². The lowest BCUT2D eigenvalue weighted by Gasteiger charge is -1.98. The molecule has 0 aromatic rings. The van der Waals surface area contributed by atoms with E-state index in [0.29, 0.717) is 6.67 Å². The maximum atomic E-state index is 5.18. The number of rotatable bonds is 5. The number of hydrogen-bond donors (Lipinski definition) is 3. The summed E-state index contributed by atoms with van der Waals surface area (Å²) >= 11 is 0. The van der Waals surface area contributed by atoms with Crippen molar-refractivity contribution in [2.75, 3.05) is 26.3 Å². The predicted octanol–water partition coefficient (Wildman–Crippen LogP) is -0.695. The minimum Gasteiger partial charge on any atom is -0.318 e. The summed E-state index contributed by atoms with van der Waals surface area (Å²) < 4.78 is 0. The summed E-state index contributed by atoms with van der Waals surface area (Å²) in [4.78, 5) is 0. The summed E-state index contributed by atoms with van der Waals surface area (Å²) in [6.45, 7) is 0.594. The van der Waals surface area contributed by atoms with Gasteiger partial charge in [-0.05, 0) is 7.05 Å². The first-order valence-electron chi connectivity index (χ1n) is 2.68. The maximum absolute atomic E-state index is 5.18. The fourth-order valence-corrected chi connectivity index (χ4v) is 1.04. The van der Waals surface area contributed by atoms with Gasteiger partial charge in [-0.15, -0.1) is 0 Å². The molecule has 0 rings (SSSR count). The highest BCUT2D eigenvalue weighted by molar-refractivity contribution is 7.37. The lowest BCUT2D eigenvalue weighted by Crippen LogP contribution is -2.21. The van der Waals surface area contributed by atoms with Crippen molar-refractivity contribution in [3.63, 3.8) is 0 Å². The van der Waals surface area contributed by atoms with Gasteiger partial charge in [0.2, 0.25) is 0 Å². The third-order valence-electron chi connectivity index (χ3n) is 0.696. The smallest absolute Gasteiger partial charge is 0.0431 e. The molecule has 0 aromatic heterocycles. The molecule has 0 aliphatic heterocycles. The first-order chi connectivity index (χ1) is 3.91. The second-order valence-electron chi connectivity index (χ2n) is 1.41. The molecule has 0 saturated heterocycles. The molecule has 50 valence electrons. The van der Waals surface area contributed by atoms with Gasteiger partial charge < -0.3 is 16.4 Å². The summed E-state index contributed by atoms with van der Waals surface area (Å²) in [7, 11) is 2.89. The third kappa shape index (κ3) is 6.31. The van der Waals surface area contributed by atoms with Crippen molar-refractivity contribution < 1.29 is 0 Å². The molecule has 0 saturated carbocycles. The molecule has 0 spiro atoms. The predicted molar refractivity (Wildman–Crippen MR) is 39.3 cm³/mol. The number of hydrogen-bond acceptors (Lipinski definition) is 3. The Kier molecular flexibility index (Phi) is 7.59. The van der Waals surface area contributed by atoms with Crippen LogP contribution in [0.25, 0.3) is 0 Å². The molecule has 0 aromatic carbocycles. The van der Waals surface area contributed by atoms with Crippen LogP contribution in [0.5, 0.6) is 0 Å². The minimum atomic E-state index is 0.594. The Bertz CT molecular complexity index is 36.3. The molecule has 1 atom stereocenters. The average Bonchev–Trinajstić information content (AvgIpc) is 1.81. The summed E-state index contributed by atoms with van der Waals surface area (Å²) in [5.74, 6) is 0. The van der Waals surface area contributed by atoms with Crippen LogP contribution in [0, 0.1) is 0 Å². The van der Waals surface area contributed by atoms with E-state index in [1.807, 2.05) is 7.05 Å². The number of nitrogens with one attached hydrogen (secondary N) is 2. The molecule has 0 heterocycles. The van der Waals surface area contributed by atoms with Gasteiger partial charge in [0, 0.05) is 19.2 Å². The van der Waals surface area contributed by atoms with Gasteiger partial charge in [-0.3, -0.25) is 0 Å². The van der Waals surface area contributed by atoms with Gasteiger partial charge in [-0.25, -0.2) is 0 Å². The van der Waals surface area contributed by atoms with Gasteiger partial charge in [0.05, 0.1) is 0 Å². The Morgan fingerprint density at radius 1 is 1.50 bits per heavy atom. The summed E-state index contributed by atoms with van der Waals surface area (Å²) in [6.07, 6.45) is 2.13. The molecular weight excluding hydrogens is 121 g/mol. The molecule has 4 heteroatoms. The maximum Gasteiger partial charge on any atom is 0.0431 e. The van der Waals surface area contributed by atoms with Gasteiger partial charge in [0.1, 0.15) is 0 Å². The molecule has 0 fully saturated rings. The third-order valence-corrected chi connectivity index (χ3v) is 1.80. The van der Waals surface area contributed by atoms with Gasteiger partial charge >= 0.3 is 0 Å². The van der Waals surface area contributed by atoms with E-state index in [1.165, 1.54) is 0 Å². The number of nitrogens with two attached hydrogens (primary N) is 1. The first-order valence-corrected chi connectivity index (χ1v) is 4.09. The Balaban J connectivity index is 2.53. The van der Waals surface area contributed by atoms with Crippen molar-refractivity contribution in [2.24, 2.45) is 5.73 Å². The largest absolute Gasteiger partial charge is 0.318 e. The van der Waals surface area contributed by atoms with Gasteiger partial charge in [-0.2, -0.15) is 0 Å². The molecule has 0 aliphatic carbocycles. The molecule has 0 amide bonds. The summed E-state index contributed by atoms with van der Waals surface area (Å²) in [5, 5.41) is 6.09. The van der Waals surface area contributed by atoms with Crippen LogP contribution in [0.2, 0.25) is 0 Å². The van der Waals surface area contributed by atoms with Crippen LogP contribution in [0.3, 0.4) is 0 Å². The van der Waals surface area contributed by atoms with E-state index < -0.39 is 0 Å². The normalized spacial score (nSPS) is 11.2. The van der Waals surface area contributed by atoms with Crippen molar-refractivity contribution in [1.82, 2.24) is 10.6 Å². The van der Waals surface area contributed by atoms with Crippen molar-refractivity contribution in [2.45, 2.75) is 0 Å². The molecular formula is C4H14N3P. The average molecular weight is 135 g/mol. The van der Waals surface area contributed by atoms with Crippen molar-refractivity contribution in [3.05, 3.63) is 0 Å². The Morgan fingerprint density at radius 3 is 2.75 bits per heavy atom. The van der Waals surface area contributed by atoms with Crippen molar-refractivity contribution in [3.8, 4) is 0 Å². The second kappa shape index (κ2) is 7.31. The fraction of sp³-hybridized carbons (Fsp3) is 1.00. The van der Waals surface area contributed by atoms with Crippen LogP contribution in [0.15, 0.2) is 0 Å². The van der Waals surface area contributed by atoms with Gasteiger partial charge in [0.25, 0.3) is 0 Å². The highest BCUT2D eigenvalue weighted by Crippen LogP contribution is 2.00.